The molecule has 1 unspecified atom stereocenters. The molecule has 0 saturated carbocycles. The van der Waals surface area contributed by atoms with Gasteiger partial charge in [-0.05, 0) is 24.5 Å². The van der Waals surface area contributed by atoms with Gasteiger partial charge in [-0.2, -0.15) is 0 Å². The second-order valence-corrected chi connectivity index (χ2v) is 7.38. The summed E-state index contributed by atoms with van der Waals surface area (Å²) in [5, 5.41) is 1.06. The van der Waals surface area contributed by atoms with Crippen molar-refractivity contribution in [2.75, 3.05) is 11.5 Å². The van der Waals surface area contributed by atoms with Crippen molar-refractivity contribution in [2.45, 2.75) is 25.8 Å². The first-order chi connectivity index (χ1) is 9.53. The lowest BCUT2D eigenvalue weighted by Crippen LogP contribution is -2.14. The maximum absolute atomic E-state index is 11.5. The Bertz CT molecular complexity index is 678. The summed E-state index contributed by atoms with van der Waals surface area (Å²) in [5.41, 5.74) is 8.08. The Morgan fingerprint density at radius 2 is 2.00 bits per heavy atom. The van der Waals surface area contributed by atoms with Gasteiger partial charge >= 0.3 is 0 Å². The van der Waals surface area contributed by atoms with Crippen LogP contribution >= 0.6 is 0 Å². The van der Waals surface area contributed by atoms with Crippen molar-refractivity contribution < 1.29 is 8.42 Å². The molecule has 2 rings (SSSR count). The highest BCUT2D eigenvalue weighted by Crippen LogP contribution is 2.23. The van der Waals surface area contributed by atoms with E-state index in [1.54, 1.807) is 13.1 Å². The van der Waals surface area contributed by atoms with Crippen LogP contribution in [0.1, 0.15) is 31.4 Å². The van der Waals surface area contributed by atoms with Crippen molar-refractivity contribution in [1.82, 2.24) is 4.98 Å². The number of aromatic nitrogens is 1. The lowest BCUT2D eigenvalue weighted by atomic mass is 10.00. The summed E-state index contributed by atoms with van der Waals surface area (Å²) >= 11 is 0. The van der Waals surface area contributed by atoms with E-state index in [0.717, 1.165) is 16.5 Å². The van der Waals surface area contributed by atoms with E-state index in [9.17, 15) is 8.42 Å². The number of benzene rings is 1. The summed E-state index contributed by atoms with van der Waals surface area (Å²) in [4.78, 5) is 4.38. The van der Waals surface area contributed by atoms with Gasteiger partial charge in [-0.1, -0.05) is 31.2 Å². The van der Waals surface area contributed by atoms with Gasteiger partial charge < -0.3 is 5.73 Å². The van der Waals surface area contributed by atoms with Crippen molar-refractivity contribution in [3.63, 3.8) is 0 Å². The Kier molecular flexibility index (Phi) is 4.73. The Morgan fingerprint density at radius 3 is 2.75 bits per heavy atom. The molecule has 0 spiro atoms. The van der Waals surface area contributed by atoms with Crippen LogP contribution in [-0.4, -0.2) is 24.9 Å². The van der Waals surface area contributed by atoms with E-state index in [1.807, 2.05) is 30.3 Å². The Labute approximate surface area is 119 Å². The molecule has 0 aliphatic rings. The zero-order chi connectivity index (χ0) is 14.6. The predicted molar refractivity (Wildman–Crippen MR) is 82.2 cm³/mol. The molecule has 5 heteroatoms. The molecule has 0 amide bonds. The summed E-state index contributed by atoms with van der Waals surface area (Å²) in [6.45, 7) is 1.67. The standard InChI is InChI=1S/C15H20N2O2S/c1-2-20(18,19)11-5-9-14(16)13-8-3-6-12-7-4-10-17-15(12)13/h3-4,6-8,10,14H,2,5,9,11,16H2,1H3. The largest absolute Gasteiger partial charge is 0.324 e. The third kappa shape index (κ3) is 3.55. The van der Waals surface area contributed by atoms with Crippen molar-refractivity contribution in [1.29, 1.82) is 0 Å². The molecular weight excluding hydrogens is 272 g/mol. The van der Waals surface area contributed by atoms with Crippen molar-refractivity contribution in [3.8, 4) is 0 Å². The number of hydrogen-bond donors (Lipinski definition) is 1. The molecule has 1 atom stereocenters. The fourth-order valence-corrected chi connectivity index (χ4v) is 3.15. The van der Waals surface area contributed by atoms with Crippen LogP contribution in [0.3, 0.4) is 0 Å². The Balaban J connectivity index is 2.10. The molecule has 0 bridgehead atoms. The van der Waals surface area contributed by atoms with Gasteiger partial charge in [0.05, 0.1) is 11.3 Å². The van der Waals surface area contributed by atoms with Gasteiger partial charge in [0.2, 0.25) is 0 Å². The average Bonchev–Trinajstić information content (AvgIpc) is 2.46. The van der Waals surface area contributed by atoms with E-state index < -0.39 is 9.84 Å². The molecule has 2 N–H and O–H groups in total. The normalized spacial score (nSPS) is 13.5. The van der Waals surface area contributed by atoms with Gasteiger partial charge in [0, 0.05) is 23.4 Å². The predicted octanol–water partition coefficient (Wildman–Crippen LogP) is 2.45. The summed E-state index contributed by atoms with van der Waals surface area (Å²) in [7, 11) is -2.91. The van der Waals surface area contributed by atoms with Gasteiger partial charge in [0.1, 0.15) is 9.84 Å². The molecule has 2 aromatic rings. The number of nitrogens with zero attached hydrogens (tertiary/aromatic N) is 1. The number of sulfone groups is 1. The summed E-state index contributed by atoms with van der Waals surface area (Å²) in [6, 6.07) is 9.64. The molecular formula is C15H20N2O2S. The first-order valence-electron chi connectivity index (χ1n) is 6.83. The lowest BCUT2D eigenvalue weighted by molar-refractivity contribution is 0.584. The fourth-order valence-electron chi connectivity index (χ4n) is 2.25. The highest BCUT2D eigenvalue weighted by Gasteiger charge is 2.13. The van der Waals surface area contributed by atoms with Crippen LogP contribution < -0.4 is 5.73 Å². The molecule has 20 heavy (non-hydrogen) atoms. The zero-order valence-electron chi connectivity index (χ0n) is 11.6. The molecule has 0 radical (unpaired) electrons. The van der Waals surface area contributed by atoms with Crippen LogP contribution in [0.25, 0.3) is 10.9 Å². The van der Waals surface area contributed by atoms with Crippen molar-refractivity contribution in [3.05, 3.63) is 42.1 Å². The molecule has 108 valence electrons. The maximum Gasteiger partial charge on any atom is 0.150 e. The third-order valence-corrected chi connectivity index (χ3v) is 5.26. The number of hydrogen-bond acceptors (Lipinski definition) is 4. The van der Waals surface area contributed by atoms with Gasteiger partial charge in [-0.15, -0.1) is 0 Å². The van der Waals surface area contributed by atoms with Gasteiger partial charge in [-0.3, -0.25) is 4.98 Å². The van der Waals surface area contributed by atoms with Crippen molar-refractivity contribution >= 4 is 20.7 Å². The molecule has 0 aliphatic carbocycles. The number of nitrogens with two attached hydrogens (primary N) is 1. The van der Waals surface area contributed by atoms with Crippen LogP contribution in [0.2, 0.25) is 0 Å². The smallest absolute Gasteiger partial charge is 0.150 e. The highest BCUT2D eigenvalue weighted by atomic mass is 32.2. The minimum Gasteiger partial charge on any atom is -0.324 e. The van der Waals surface area contributed by atoms with Crippen LogP contribution in [0, 0.1) is 0 Å². The van der Waals surface area contributed by atoms with E-state index in [4.69, 9.17) is 5.73 Å². The molecule has 0 saturated heterocycles. The summed E-state index contributed by atoms with van der Waals surface area (Å²) in [5.74, 6) is 0.396. The Hall–Kier alpha value is -1.46. The summed E-state index contributed by atoms with van der Waals surface area (Å²) in [6.07, 6.45) is 2.98. The number of fused-ring (bicyclic) bond motifs is 1. The van der Waals surface area contributed by atoms with E-state index in [-0.39, 0.29) is 17.5 Å². The topological polar surface area (TPSA) is 73.0 Å². The van der Waals surface area contributed by atoms with E-state index in [2.05, 4.69) is 4.98 Å². The zero-order valence-corrected chi connectivity index (χ0v) is 12.4. The summed E-state index contributed by atoms with van der Waals surface area (Å²) < 4.78 is 23.0. The van der Waals surface area contributed by atoms with Gasteiger partial charge in [0.15, 0.2) is 0 Å². The van der Waals surface area contributed by atoms with E-state index in [0.29, 0.717) is 12.8 Å². The lowest BCUT2D eigenvalue weighted by Gasteiger charge is -2.14. The van der Waals surface area contributed by atoms with E-state index >= 15 is 0 Å². The number of pyridine rings is 1. The number of rotatable bonds is 6. The average molecular weight is 292 g/mol. The van der Waals surface area contributed by atoms with E-state index in [1.165, 1.54) is 0 Å². The number of para-hydroxylation sites is 1. The SMILES string of the molecule is CCS(=O)(=O)CCCC(N)c1cccc2cccnc12. The molecule has 0 fully saturated rings. The minimum absolute atomic E-state index is 0.180. The molecule has 1 heterocycles. The second-order valence-electron chi connectivity index (χ2n) is 4.91. The van der Waals surface area contributed by atoms with Crippen LogP contribution in [0.15, 0.2) is 36.5 Å². The highest BCUT2D eigenvalue weighted by molar-refractivity contribution is 7.91. The molecule has 1 aromatic heterocycles. The fraction of sp³-hybridized carbons (Fsp3) is 0.400. The van der Waals surface area contributed by atoms with Gasteiger partial charge in [-0.25, -0.2) is 8.42 Å². The first kappa shape index (κ1) is 14.9. The quantitative estimate of drug-likeness (QED) is 0.887. The Morgan fingerprint density at radius 1 is 1.25 bits per heavy atom. The van der Waals surface area contributed by atoms with Crippen LogP contribution in [0.4, 0.5) is 0 Å². The van der Waals surface area contributed by atoms with Crippen LogP contribution in [0.5, 0.6) is 0 Å². The maximum atomic E-state index is 11.5. The monoisotopic (exact) mass is 292 g/mol. The first-order valence-corrected chi connectivity index (χ1v) is 8.65. The molecule has 0 aliphatic heterocycles. The third-order valence-electron chi connectivity index (χ3n) is 3.47. The van der Waals surface area contributed by atoms with Crippen LogP contribution in [-0.2, 0) is 9.84 Å². The minimum atomic E-state index is -2.91. The molecule has 4 nitrogen and oxygen atoms in total. The second kappa shape index (κ2) is 6.33. The molecule has 1 aromatic carbocycles. The van der Waals surface area contributed by atoms with Gasteiger partial charge in [0.25, 0.3) is 0 Å². The van der Waals surface area contributed by atoms with Crippen molar-refractivity contribution in [2.24, 2.45) is 5.73 Å².